The summed E-state index contributed by atoms with van der Waals surface area (Å²) in [6.07, 6.45) is 11.3. The number of nitrogens with zero attached hydrogens (tertiary/aromatic N) is 1. The van der Waals surface area contributed by atoms with Crippen LogP contribution in [0.2, 0.25) is 0 Å². The number of carbonyl (C=O) groups excluding carboxylic acids is 4. The summed E-state index contributed by atoms with van der Waals surface area (Å²) in [5.41, 5.74) is 3.39. The van der Waals surface area contributed by atoms with Gasteiger partial charge in [0.05, 0.1) is 31.3 Å². The summed E-state index contributed by atoms with van der Waals surface area (Å²) in [6.45, 7) is 8.71. The van der Waals surface area contributed by atoms with E-state index < -0.39 is 35.9 Å². The lowest BCUT2D eigenvalue weighted by molar-refractivity contribution is -0.134. The van der Waals surface area contributed by atoms with Crippen LogP contribution in [-0.4, -0.2) is 79.9 Å². The van der Waals surface area contributed by atoms with Gasteiger partial charge in [0.15, 0.2) is 0 Å². The molecule has 3 rings (SSSR count). The van der Waals surface area contributed by atoms with Crippen molar-refractivity contribution in [1.82, 2.24) is 21.3 Å². The van der Waals surface area contributed by atoms with Crippen LogP contribution in [0, 0.1) is 11.8 Å². The molecule has 0 spiro atoms. The smallest absolute Gasteiger partial charge is 0.251 e. The van der Waals surface area contributed by atoms with Gasteiger partial charge in [0.25, 0.3) is 11.8 Å². The lowest BCUT2D eigenvalue weighted by Gasteiger charge is -2.27. The number of unbranched alkanes of at least 4 members (excludes halogenated alkanes) is 1. The number of benzene rings is 2. The van der Waals surface area contributed by atoms with E-state index in [4.69, 9.17) is 4.74 Å². The zero-order valence-corrected chi connectivity index (χ0v) is 33.0. The maximum Gasteiger partial charge on any atom is 0.251 e. The second-order valence-electron chi connectivity index (χ2n) is 13.9. The number of hydrogen-bond donors (Lipinski definition) is 5. The number of amides is 4. The third-order valence-electron chi connectivity index (χ3n) is 9.19. The topological polar surface area (TPSA) is 149 Å². The monoisotopic (exact) mass is 749 g/mol. The highest BCUT2D eigenvalue weighted by atomic mass is 32.2. The number of aliphatic hydroxyl groups excluding tert-OH is 1. The van der Waals surface area contributed by atoms with Gasteiger partial charge in [-0.2, -0.15) is 0 Å². The van der Waals surface area contributed by atoms with Crippen LogP contribution >= 0.6 is 11.9 Å². The quantitative estimate of drug-likeness (QED) is 0.0777. The van der Waals surface area contributed by atoms with Gasteiger partial charge < -0.3 is 35.4 Å². The van der Waals surface area contributed by atoms with Gasteiger partial charge in [0.1, 0.15) is 6.04 Å². The number of allylic oxidation sites excluding steroid dienone is 2. The third-order valence-corrected chi connectivity index (χ3v) is 9.95. The number of carbonyl (C=O) groups is 4. The van der Waals surface area contributed by atoms with Crippen LogP contribution in [0.1, 0.15) is 92.5 Å². The van der Waals surface area contributed by atoms with Gasteiger partial charge in [0.2, 0.25) is 11.8 Å². The number of ether oxygens (including phenoxy) is 1. The normalized spacial score (nSPS) is 14.8. The minimum atomic E-state index is -1.02. The molecular formula is C41H59N5O6S. The molecule has 4 amide bonds. The molecule has 2 unspecified atom stereocenters. The Bertz CT molecular complexity index is 1550. The molecule has 11 nitrogen and oxygen atoms in total. The van der Waals surface area contributed by atoms with Crippen LogP contribution in [0.15, 0.2) is 72.3 Å². The highest BCUT2D eigenvalue weighted by molar-refractivity contribution is 7.99. The molecule has 2 aromatic rings. The minimum Gasteiger partial charge on any atom is -0.393 e. The average Bonchev–Trinajstić information content (AvgIpc) is 3.15. The number of hydrogen-bond acceptors (Lipinski definition) is 8. The van der Waals surface area contributed by atoms with Crippen molar-refractivity contribution in [2.45, 2.75) is 91.0 Å². The molecule has 1 aliphatic rings. The van der Waals surface area contributed by atoms with Crippen LogP contribution in [0.5, 0.6) is 0 Å². The van der Waals surface area contributed by atoms with Crippen molar-refractivity contribution in [1.29, 1.82) is 0 Å². The molecule has 0 aliphatic heterocycles. The van der Waals surface area contributed by atoms with Crippen molar-refractivity contribution in [3.8, 4) is 0 Å². The first-order chi connectivity index (χ1) is 25.4. The predicted octanol–water partition coefficient (Wildman–Crippen LogP) is 5.56. The molecule has 12 heteroatoms. The predicted molar refractivity (Wildman–Crippen MR) is 214 cm³/mol. The van der Waals surface area contributed by atoms with E-state index in [2.05, 4.69) is 40.3 Å². The number of rotatable bonds is 22. The van der Waals surface area contributed by atoms with Gasteiger partial charge in [-0.25, -0.2) is 0 Å². The van der Waals surface area contributed by atoms with E-state index in [1.165, 1.54) is 11.9 Å². The summed E-state index contributed by atoms with van der Waals surface area (Å²) in [7, 11) is 1.86. The fourth-order valence-corrected chi connectivity index (χ4v) is 6.18. The molecule has 1 aliphatic carbocycles. The Kier molecular flexibility index (Phi) is 18.6. The Hall–Kier alpha value is -4.13. The molecule has 4 atom stereocenters. The molecule has 5 N–H and O–H groups in total. The fraction of sp³-hybridized carbons (Fsp3) is 0.512. The largest absolute Gasteiger partial charge is 0.393 e. The van der Waals surface area contributed by atoms with Crippen LogP contribution in [-0.2, 0) is 20.9 Å². The Morgan fingerprint density at radius 1 is 0.925 bits per heavy atom. The zero-order chi connectivity index (χ0) is 38.8. The van der Waals surface area contributed by atoms with E-state index in [-0.39, 0.29) is 30.8 Å². The lowest BCUT2D eigenvalue weighted by Crippen LogP contribution is -2.52. The van der Waals surface area contributed by atoms with Gasteiger partial charge in [0, 0.05) is 43.2 Å². The first-order valence-electron chi connectivity index (χ1n) is 18.7. The van der Waals surface area contributed by atoms with E-state index in [1.807, 2.05) is 67.9 Å². The van der Waals surface area contributed by atoms with Crippen molar-refractivity contribution >= 4 is 41.3 Å². The molecule has 0 saturated carbocycles. The molecule has 0 radical (unpaired) electrons. The summed E-state index contributed by atoms with van der Waals surface area (Å²) in [6, 6.07) is 13.4. The maximum atomic E-state index is 13.9. The molecule has 0 fully saturated rings. The molecule has 0 saturated heterocycles. The van der Waals surface area contributed by atoms with Gasteiger partial charge in [-0.3, -0.25) is 19.2 Å². The maximum absolute atomic E-state index is 13.9. The first kappa shape index (κ1) is 43.3. The highest BCUT2D eigenvalue weighted by Crippen LogP contribution is 2.24. The second-order valence-corrected chi connectivity index (χ2v) is 14.8. The first-order valence-corrected chi connectivity index (χ1v) is 19.9. The summed E-state index contributed by atoms with van der Waals surface area (Å²) in [4.78, 5) is 53.8. The Morgan fingerprint density at radius 3 is 2.26 bits per heavy atom. The van der Waals surface area contributed by atoms with E-state index in [0.29, 0.717) is 42.9 Å². The van der Waals surface area contributed by atoms with Crippen LogP contribution in [0.4, 0.5) is 5.69 Å². The lowest BCUT2D eigenvalue weighted by atomic mass is 9.93. The van der Waals surface area contributed by atoms with Crippen LogP contribution < -0.4 is 25.6 Å². The number of nitrogens with one attached hydrogen (secondary N) is 4. The van der Waals surface area contributed by atoms with Gasteiger partial charge >= 0.3 is 0 Å². The fourth-order valence-electron chi connectivity index (χ4n) is 5.87. The summed E-state index contributed by atoms with van der Waals surface area (Å²) < 4.78 is 7.93. The Labute approximate surface area is 319 Å². The van der Waals surface area contributed by atoms with Gasteiger partial charge in [-0.1, -0.05) is 87.7 Å². The van der Waals surface area contributed by atoms with Crippen molar-refractivity contribution < 1.29 is 29.0 Å². The summed E-state index contributed by atoms with van der Waals surface area (Å²) in [5.74, 6) is -2.42. The summed E-state index contributed by atoms with van der Waals surface area (Å²) in [5, 5.41) is 22.6. The Balaban J connectivity index is 1.77. The minimum absolute atomic E-state index is 0.144. The second kappa shape index (κ2) is 22.8. The van der Waals surface area contributed by atoms with Crippen LogP contribution in [0.25, 0.3) is 0 Å². The molecule has 2 aromatic carbocycles. The van der Waals surface area contributed by atoms with E-state index in [0.717, 1.165) is 36.8 Å². The molecule has 0 heterocycles. The van der Waals surface area contributed by atoms with E-state index >= 15 is 0 Å². The highest BCUT2D eigenvalue weighted by Gasteiger charge is 2.31. The van der Waals surface area contributed by atoms with Crippen molar-refractivity contribution in [3.63, 3.8) is 0 Å². The molecule has 290 valence electrons. The summed E-state index contributed by atoms with van der Waals surface area (Å²) >= 11 is 1.45. The van der Waals surface area contributed by atoms with Crippen molar-refractivity contribution in [2.24, 2.45) is 11.8 Å². The molecule has 0 aromatic heterocycles. The molecular weight excluding hydrogens is 691 g/mol. The van der Waals surface area contributed by atoms with Gasteiger partial charge in [-0.15, -0.1) is 0 Å². The Morgan fingerprint density at radius 2 is 1.64 bits per heavy atom. The molecule has 0 bridgehead atoms. The van der Waals surface area contributed by atoms with E-state index in [9.17, 15) is 24.3 Å². The van der Waals surface area contributed by atoms with E-state index in [1.54, 1.807) is 25.1 Å². The third kappa shape index (κ3) is 14.7. The zero-order valence-electron chi connectivity index (χ0n) is 32.2. The van der Waals surface area contributed by atoms with Crippen molar-refractivity contribution in [2.75, 3.05) is 37.3 Å². The van der Waals surface area contributed by atoms with Gasteiger partial charge in [-0.05, 0) is 74.3 Å². The average molecular weight is 750 g/mol. The SMILES string of the molecule is CCCCNC(=O)c1cc(C(=O)N[C@H](CC[C@H](C(=O)NC(C(=O)NCC2=CCCC=C2)C(C)C)C(C)O)COCc2ccccc2)cc(N(C)SC)c1. The number of aliphatic hydroxyl groups is 1. The number of anilines is 1. The standard InChI is InChI=1S/C41H59N5O6S/c1-7-8-21-42-38(48)32-22-33(24-35(23-32)46(5)53-6)39(49)44-34(27-52-26-31-17-13-10-14-18-31)19-20-36(29(4)47)40(50)45-37(28(2)3)41(51)43-25-30-15-11-9-12-16-30/h10-11,13-18,22-24,28-29,34,36-37,47H,7-9,12,19-21,25-27H2,1-6H3,(H,42,48)(H,43,51)(H,44,49)(H,45,50)/t29?,34-,36+,37?/m1/s1. The molecule has 53 heavy (non-hydrogen) atoms. The van der Waals surface area contributed by atoms with Crippen molar-refractivity contribution in [3.05, 3.63) is 89.0 Å². The van der Waals surface area contributed by atoms with Crippen LogP contribution in [0.3, 0.4) is 0 Å².